The number of hydrazone groups is 3. The van der Waals surface area contributed by atoms with Gasteiger partial charge in [0.1, 0.15) is 17.2 Å². The van der Waals surface area contributed by atoms with Crippen LogP contribution >= 0.6 is 71.9 Å². The van der Waals surface area contributed by atoms with E-state index in [9.17, 15) is 29.7 Å². The SMILES string of the molecule is O=C1CSC(=S)N1/N=C/c1c(O)ccc2ccccc12.O=C1CSC(=S)N1/N=C/c1c(O)ccc2ccccc12.O=C1CSC(=S)N1/N=C/c1c(O)ccc2ccccc12. The lowest BCUT2D eigenvalue weighted by atomic mass is 10.0. The first-order valence-electron chi connectivity index (χ1n) is 17.7. The Morgan fingerprint density at radius 1 is 0.433 bits per heavy atom. The first-order valence-corrected chi connectivity index (χ1v) is 21.9. The van der Waals surface area contributed by atoms with Crippen molar-refractivity contribution in [1.82, 2.24) is 15.0 Å². The maximum atomic E-state index is 11.6. The van der Waals surface area contributed by atoms with E-state index in [0.29, 0.717) is 46.9 Å². The highest BCUT2D eigenvalue weighted by molar-refractivity contribution is 8.24. The summed E-state index contributed by atoms with van der Waals surface area (Å²) in [5.74, 6) is 0.892. The van der Waals surface area contributed by atoms with Crippen LogP contribution in [-0.2, 0) is 14.4 Å². The smallest absolute Gasteiger partial charge is 0.259 e. The third kappa shape index (κ3) is 9.49. The summed E-state index contributed by atoms with van der Waals surface area (Å²) in [6, 6.07) is 33.4. The van der Waals surface area contributed by atoms with E-state index in [-0.39, 0.29) is 35.0 Å². The number of phenols is 3. The molecule has 0 radical (unpaired) electrons. The van der Waals surface area contributed by atoms with E-state index in [0.717, 1.165) is 32.3 Å². The summed E-state index contributed by atoms with van der Waals surface area (Å²) in [6.07, 6.45) is 4.44. The van der Waals surface area contributed by atoms with E-state index in [1.165, 1.54) is 69.0 Å². The van der Waals surface area contributed by atoms with E-state index < -0.39 is 0 Å². The molecule has 3 fully saturated rings. The monoisotopic (exact) mass is 906 g/mol. The Morgan fingerprint density at radius 2 is 0.700 bits per heavy atom. The van der Waals surface area contributed by atoms with Gasteiger partial charge in [0.25, 0.3) is 17.7 Å². The Hall–Kier alpha value is -5.76. The van der Waals surface area contributed by atoms with Crippen LogP contribution in [0.3, 0.4) is 0 Å². The molecule has 3 saturated heterocycles. The second-order valence-corrected chi connectivity index (χ2v) is 17.5. The number of fused-ring (bicyclic) bond motifs is 3. The molecule has 3 heterocycles. The number of rotatable bonds is 6. The van der Waals surface area contributed by atoms with Crippen molar-refractivity contribution < 1.29 is 29.7 Å². The molecule has 0 aliphatic carbocycles. The molecule has 60 heavy (non-hydrogen) atoms. The summed E-state index contributed by atoms with van der Waals surface area (Å²) in [5, 5.41) is 51.5. The highest BCUT2D eigenvalue weighted by Crippen LogP contribution is 2.29. The van der Waals surface area contributed by atoms with Gasteiger partial charge in [-0.05, 0) is 50.5 Å². The number of hydrogen-bond acceptors (Lipinski definition) is 15. The molecule has 3 aliphatic heterocycles. The average molecular weight is 907 g/mol. The molecule has 12 nitrogen and oxygen atoms in total. The molecule has 6 aromatic rings. The third-order valence-electron chi connectivity index (χ3n) is 8.93. The Kier molecular flexibility index (Phi) is 13.5. The van der Waals surface area contributed by atoms with Crippen molar-refractivity contribution in [2.75, 3.05) is 17.3 Å². The second kappa shape index (κ2) is 19.1. The predicted octanol–water partition coefficient (Wildman–Crippen LogP) is 8.22. The van der Waals surface area contributed by atoms with Crippen LogP contribution in [0.2, 0.25) is 0 Å². The fourth-order valence-electron chi connectivity index (χ4n) is 5.98. The molecule has 0 bridgehead atoms. The minimum absolute atomic E-state index is 0.123. The van der Waals surface area contributed by atoms with Crippen LogP contribution in [0.15, 0.2) is 124 Å². The Labute approximate surface area is 371 Å². The summed E-state index contributed by atoms with van der Waals surface area (Å²) in [7, 11) is 0. The molecule has 6 aromatic carbocycles. The van der Waals surface area contributed by atoms with Crippen molar-refractivity contribution in [3.8, 4) is 17.2 Å². The van der Waals surface area contributed by atoms with Gasteiger partial charge in [0, 0.05) is 16.7 Å². The average Bonchev–Trinajstić information content (AvgIpc) is 3.88. The number of amides is 3. The van der Waals surface area contributed by atoms with Crippen LogP contribution in [0.4, 0.5) is 0 Å². The van der Waals surface area contributed by atoms with Gasteiger partial charge in [-0.1, -0.05) is 163 Å². The van der Waals surface area contributed by atoms with E-state index >= 15 is 0 Å². The van der Waals surface area contributed by atoms with Gasteiger partial charge in [-0.2, -0.15) is 30.3 Å². The van der Waals surface area contributed by atoms with Gasteiger partial charge in [-0.3, -0.25) is 14.4 Å². The molecule has 3 aliphatic rings. The van der Waals surface area contributed by atoms with E-state index in [4.69, 9.17) is 36.7 Å². The molecule has 9 rings (SSSR count). The van der Waals surface area contributed by atoms with Crippen molar-refractivity contribution in [2.45, 2.75) is 0 Å². The van der Waals surface area contributed by atoms with Crippen molar-refractivity contribution in [3.05, 3.63) is 126 Å². The summed E-state index contributed by atoms with van der Waals surface area (Å²) in [4.78, 5) is 34.8. The first kappa shape index (κ1) is 42.4. The van der Waals surface area contributed by atoms with E-state index in [2.05, 4.69) is 15.3 Å². The predicted molar refractivity (Wildman–Crippen MR) is 255 cm³/mol. The highest BCUT2D eigenvalue weighted by atomic mass is 32.2. The number of phenolic OH excluding ortho intramolecular Hbond substituents is 3. The Balaban J connectivity index is 0.000000136. The molecule has 3 N–H and O–H groups in total. The fraction of sp³-hybridized carbons (Fsp3) is 0.0714. The number of benzene rings is 6. The number of thioether (sulfide) groups is 3. The van der Waals surface area contributed by atoms with Crippen molar-refractivity contribution in [2.24, 2.45) is 15.3 Å². The zero-order valence-electron chi connectivity index (χ0n) is 30.9. The minimum Gasteiger partial charge on any atom is -0.507 e. The number of thiocarbonyl (C=S) groups is 3. The molecular weight excluding hydrogens is 877 g/mol. The second-order valence-electron chi connectivity index (χ2n) is 12.7. The quantitative estimate of drug-likeness (QED) is 0.109. The summed E-state index contributed by atoms with van der Waals surface area (Å²) in [5.41, 5.74) is 1.74. The van der Waals surface area contributed by atoms with Crippen molar-refractivity contribution in [1.29, 1.82) is 0 Å². The van der Waals surface area contributed by atoms with Crippen LogP contribution in [0.5, 0.6) is 17.2 Å². The number of carbonyl (C=O) groups excluding carboxylic acids is 3. The zero-order chi connectivity index (χ0) is 42.3. The number of hydrogen-bond donors (Lipinski definition) is 3. The van der Waals surface area contributed by atoms with Gasteiger partial charge in [-0.25, -0.2) is 0 Å². The Morgan fingerprint density at radius 3 is 0.950 bits per heavy atom. The zero-order valence-corrected chi connectivity index (χ0v) is 35.8. The van der Waals surface area contributed by atoms with Gasteiger partial charge >= 0.3 is 0 Å². The van der Waals surface area contributed by atoms with Crippen LogP contribution in [0.25, 0.3) is 32.3 Å². The number of carbonyl (C=O) groups is 3. The minimum atomic E-state index is -0.143. The van der Waals surface area contributed by atoms with Gasteiger partial charge < -0.3 is 15.3 Å². The lowest BCUT2D eigenvalue weighted by Gasteiger charge is -2.08. The molecule has 0 saturated carbocycles. The third-order valence-corrected chi connectivity index (χ3v) is 12.9. The summed E-state index contributed by atoms with van der Waals surface area (Å²) in [6.45, 7) is 0. The summed E-state index contributed by atoms with van der Waals surface area (Å²) >= 11 is 19.0. The van der Waals surface area contributed by atoms with Gasteiger partial charge in [0.15, 0.2) is 13.0 Å². The van der Waals surface area contributed by atoms with Crippen LogP contribution in [-0.4, -0.2) is 96.9 Å². The maximum absolute atomic E-state index is 11.6. The summed E-state index contributed by atoms with van der Waals surface area (Å²) < 4.78 is 1.31. The lowest BCUT2D eigenvalue weighted by Crippen LogP contribution is -2.22. The molecule has 18 heteroatoms. The van der Waals surface area contributed by atoms with Gasteiger partial charge in [-0.15, -0.1) is 0 Å². The van der Waals surface area contributed by atoms with Crippen LogP contribution in [0, 0.1) is 0 Å². The molecule has 3 amide bonds. The van der Waals surface area contributed by atoms with Gasteiger partial charge in [0.05, 0.1) is 35.9 Å². The first-order chi connectivity index (χ1) is 29.0. The van der Waals surface area contributed by atoms with Crippen molar-refractivity contribution >= 4 is 154 Å². The topological polar surface area (TPSA) is 159 Å². The Bertz CT molecular complexity index is 2480. The van der Waals surface area contributed by atoms with Gasteiger partial charge in [0.2, 0.25) is 0 Å². The molecule has 300 valence electrons. The lowest BCUT2D eigenvalue weighted by molar-refractivity contribution is -0.124. The largest absolute Gasteiger partial charge is 0.507 e. The van der Waals surface area contributed by atoms with Crippen LogP contribution < -0.4 is 0 Å². The normalized spacial score (nSPS) is 15.7. The fourth-order valence-corrected chi connectivity index (χ4v) is 8.88. The highest BCUT2D eigenvalue weighted by Gasteiger charge is 2.28. The molecule has 0 atom stereocenters. The number of aromatic hydroxyl groups is 3. The molecule has 0 unspecified atom stereocenters. The molecular formula is C42H30N6O6S6. The molecule has 0 aromatic heterocycles. The number of nitrogens with zero attached hydrogens (tertiary/aromatic N) is 6. The van der Waals surface area contributed by atoms with Crippen molar-refractivity contribution in [3.63, 3.8) is 0 Å². The molecule has 0 spiro atoms. The standard InChI is InChI=1S/3C14H10N2O2S2/c3*17-12-6-5-9-3-1-2-4-10(9)11(12)7-15-16-13(18)8-20-14(16)19/h3*1-7,17H,8H2/b3*15-7+. The van der Waals surface area contributed by atoms with E-state index in [1.807, 2.05) is 91.0 Å². The van der Waals surface area contributed by atoms with Crippen LogP contribution in [0.1, 0.15) is 16.7 Å². The maximum Gasteiger partial charge on any atom is 0.259 e. The van der Waals surface area contributed by atoms with E-state index in [1.54, 1.807) is 18.2 Å².